The molecule has 1 N–H and O–H groups in total. The Morgan fingerprint density at radius 2 is 1.75 bits per heavy atom. The molecule has 146 valence electrons. The van der Waals surface area contributed by atoms with Crippen LogP contribution in [-0.2, 0) is 0 Å². The van der Waals surface area contributed by atoms with E-state index in [1.165, 1.54) is 19.3 Å². The Kier molecular flexibility index (Phi) is 7.01. The van der Waals surface area contributed by atoms with Crippen LogP contribution in [0.15, 0.2) is 54.6 Å². The summed E-state index contributed by atoms with van der Waals surface area (Å²) >= 11 is 0. The van der Waals surface area contributed by atoms with Gasteiger partial charge in [0, 0.05) is 17.5 Å². The van der Waals surface area contributed by atoms with E-state index in [1.54, 1.807) is 7.11 Å². The fourth-order valence-corrected chi connectivity index (χ4v) is 3.30. The molecule has 0 aliphatic rings. The quantitative estimate of drug-likeness (QED) is 0.494. The minimum absolute atomic E-state index is 0.0381. The van der Waals surface area contributed by atoms with Crippen LogP contribution in [0.3, 0.4) is 0 Å². The Hall–Kier alpha value is -2.88. The molecule has 1 aromatic heterocycles. The number of rotatable bonds is 9. The molecule has 2 aromatic carbocycles. The molecule has 3 rings (SSSR count). The molecule has 1 heterocycles. The number of nitrogens with one attached hydrogen (secondary N) is 1. The second-order valence-corrected chi connectivity index (χ2v) is 6.97. The van der Waals surface area contributed by atoms with Crippen molar-refractivity contribution >= 4 is 16.8 Å². The molecule has 3 aromatic rings. The Morgan fingerprint density at radius 1 is 1.00 bits per heavy atom. The standard InChI is InChI=1S/C24H28N2O2/c1-3-4-5-6-9-16-25-24(27)21-17-23(18-12-14-19(28-2)15-13-18)26-22-11-8-7-10-20(21)22/h7-8,10-15,17H,3-6,9,16H2,1-2H3,(H,25,27). The van der Waals surface area contributed by atoms with Crippen molar-refractivity contribution in [2.75, 3.05) is 13.7 Å². The highest BCUT2D eigenvalue weighted by Gasteiger charge is 2.13. The highest BCUT2D eigenvalue weighted by atomic mass is 16.5. The van der Waals surface area contributed by atoms with E-state index in [2.05, 4.69) is 12.2 Å². The number of unbranched alkanes of at least 4 members (excludes halogenated alkanes) is 4. The van der Waals surface area contributed by atoms with E-state index in [0.717, 1.165) is 40.8 Å². The van der Waals surface area contributed by atoms with Crippen LogP contribution in [0, 0.1) is 0 Å². The van der Waals surface area contributed by atoms with E-state index in [4.69, 9.17) is 9.72 Å². The number of benzene rings is 2. The third-order valence-electron chi connectivity index (χ3n) is 4.91. The van der Waals surface area contributed by atoms with Gasteiger partial charge >= 0.3 is 0 Å². The maximum Gasteiger partial charge on any atom is 0.252 e. The molecule has 0 fully saturated rings. The van der Waals surface area contributed by atoms with Crippen LogP contribution < -0.4 is 10.1 Å². The Bertz CT molecular complexity index is 920. The van der Waals surface area contributed by atoms with Crippen molar-refractivity contribution in [2.24, 2.45) is 0 Å². The largest absolute Gasteiger partial charge is 0.497 e. The number of hydrogen-bond acceptors (Lipinski definition) is 3. The lowest BCUT2D eigenvalue weighted by atomic mass is 10.0. The molecule has 0 aliphatic carbocycles. The molecule has 0 saturated heterocycles. The molecule has 0 radical (unpaired) electrons. The summed E-state index contributed by atoms with van der Waals surface area (Å²) in [5, 5.41) is 3.96. The molecular formula is C24H28N2O2. The van der Waals surface area contributed by atoms with Gasteiger partial charge in [-0.1, -0.05) is 50.8 Å². The van der Waals surface area contributed by atoms with Crippen LogP contribution in [-0.4, -0.2) is 24.5 Å². The van der Waals surface area contributed by atoms with Gasteiger partial charge < -0.3 is 10.1 Å². The van der Waals surface area contributed by atoms with E-state index in [9.17, 15) is 4.79 Å². The predicted molar refractivity (Wildman–Crippen MR) is 115 cm³/mol. The van der Waals surface area contributed by atoms with Gasteiger partial charge in [0.1, 0.15) is 5.75 Å². The molecule has 1 amide bonds. The van der Waals surface area contributed by atoms with Gasteiger partial charge in [0.25, 0.3) is 5.91 Å². The number of aromatic nitrogens is 1. The van der Waals surface area contributed by atoms with Gasteiger partial charge in [-0.2, -0.15) is 0 Å². The highest BCUT2D eigenvalue weighted by molar-refractivity contribution is 6.07. The number of carbonyl (C=O) groups excluding carboxylic acids is 1. The van der Waals surface area contributed by atoms with Gasteiger partial charge in [-0.15, -0.1) is 0 Å². The molecule has 0 bridgehead atoms. The molecule has 0 aliphatic heterocycles. The summed E-state index contributed by atoms with van der Waals surface area (Å²) in [6.07, 6.45) is 5.88. The van der Waals surface area contributed by atoms with Crippen molar-refractivity contribution in [3.8, 4) is 17.0 Å². The topological polar surface area (TPSA) is 51.2 Å². The van der Waals surface area contributed by atoms with Gasteiger partial charge in [-0.05, 0) is 42.8 Å². The molecule has 0 spiro atoms. The lowest BCUT2D eigenvalue weighted by Crippen LogP contribution is -2.24. The molecule has 0 saturated carbocycles. The van der Waals surface area contributed by atoms with Crippen molar-refractivity contribution in [1.29, 1.82) is 0 Å². The van der Waals surface area contributed by atoms with Crippen molar-refractivity contribution < 1.29 is 9.53 Å². The monoisotopic (exact) mass is 376 g/mol. The third kappa shape index (κ3) is 4.89. The summed E-state index contributed by atoms with van der Waals surface area (Å²) in [6, 6.07) is 17.4. The first-order valence-electron chi connectivity index (χ1n) is 10.1. The predicted octanol–water partition coefficient (Wildman–Crippen LogP) is 5.61. The number of methoxy groups -OCH3 is 1. The van der Waals surface area contributed by atoms with Crippen molar-refractivity contribution in [2.45, 2.75) is 39.0 Å². The number of pyridine rings is 1. The molecule has 4 nitrogen and oxygen atoms in total. The molecule has 28 heavy (non-hydrogen) atoms. The zero-order chi connectivity index (χ0) is 19.8. The normalized spacial score (nSPS) is 10.8. The molecule has 4 heteroatoms. The average molecular weight is 377 g/mol. The fourth-order valence-electron chi connectivity index (χ4n) is 3.30. The van der Waals surface area contributed by atoms with Gasteiger partial charge in [0.15, 0.2) is 0 Å². The van der Waals surface area contributed by atoms with Crippen molar-refractivity contribution in [3.63, 3.8) is 0 Å². The van der Waals surface area contributed by atoms with E-state index in [0.29, 0.717) is 12.1 Å². The van der Waals surface area contributed by atoms with Crippen LogP contribution in [0.25, 0.3) is 22.2 Å². The smallest absolute Gasteiger partial charge is 0.252 e. The van der Waals surface area contributed by atoms with E-state index < -0.39 is 0 Å². The van der Waals surface area contributed by atoms with Gasteiger partial charge in [0.2, 0.25) is 0 Å². The van der Waals surface area contributed by atoms with Crippen LogP contribution in [0.2, 0.25) is 0 Å². The highest BCUT2D eigenvalue weighted by Crippen LogP contribution is 2.26. The molecule has 0 atom stereocenters. The zero-order valence-electron chi connectivity index (χ0n) is 16.7. The molecular weight excluding hydrogens is 348 g/mol. The van der Waals surface area contributed by atoms with Crippen LogP contribution in [0.4, 0.5) is 0 Å². The van der Waals surface area contributed by atoms with Gasteiger partial charge in [-0.3, -0.25) is 4.79 Å². The minimum Gasteiger partial charge on any atom is -0.497 e. The summed E-state index contributed by atoms with van der Waals surface area (Å²) < 4.78 is 5.23. The average Bonchev–Trinajstić information content (AvgIpc) is 2.75. The maximum atomic E-state index is 12.9. The summed E-state index contributed by atoms with van der Waals surface area (Å²) in [4.78, 5) is 17.6. The van der Waals surface area contributed by atoms with Gasteiger partial charge in [0.05, 0.1) is 23.9 Å². The summed E-state index contributed by atoms with van der Waals surface area (Å²) in [5.41, 5.74) is 3.24. The summed E-state index contributed by atoms with van der Waals surface area (Å²) in [6.45, 7) is 2.91. The van der Waals surface area contributed by atoms with E-state index in [-0.39, 0.29) is 5.91 Å². The fraction of sp³-hybridized carbons (Fsp3) is 0.333. The second-order valence-electron chi connectivity index (χ2n) is 6.97. The van der Waals surface area contributed by atoms with Crippen LogP contribution in [0.5, 0.6) is 5.75 Å². The van der Waals surface area contributed by atoms with Crippen molar-refractivity contribution in [1.82, 2.24) is 10.3 Å². The van der Waals surface area contributed by atoms with E-state index >= 15 is 0 Å². The first-order valence-corrected chi connectivity index (χ1v) is 10.1. The summed E-state index contributed by atoms with van der Waals surface area (Å²) in [7, 11) is 1.65. The second kappa shape index (κ2) is 9.88. The van der Waals surface area contributed by atoms with E-state index in [1.807, 2.05) is 54.6 Å². The third-order valence-corrected chi connectivity index (χ3v) is 4.91. The number of fused-ring (bicyclic) bond motifs is 1. The van der Waals surface area contributed by atoms with Crippen molar-refractivity contribution in [3.05, 3.63) is 60.2 Å². The number of hydrogen-bond donors (Lipinski definition) is 1. The minimum atomic E-state index is -0.0381. The first-order chi connectivity index (χ1) is 13.7. The number of carbonyl (C=O) groups is 1. The number of ether oxygens (including phenoxy) is 1. The molecule has 0 unspecified atom stereocenters. The number of nitrogens with zero attached hydrogens (tertiary/aromatic N) is 1. The SMILES string of the molecule is CCCCCCCNC(=O)c1cc(-c2ccc(OC)cc2)nc2ccccc12. The Morgan fingerprint density at radius 3 is 2.50 bits per heavy atom. The summed E-state index contributed by atoms with van der Waals surface area (Å²) in [5.74, 6) is 0.759. The maximum absolute atomic E-state index is 12.9. The Labute approximate surface area is 166 Å². The van der Waals surface area contributed by atoms with Gasteiger partial charge in [-0.25, -0.2) is 4.98 Å². The lowest BCUT2D eigenvalue weighted by molar-refractivity contribution is 0.0954. The first kappa shape index (κ1) is 19.9. The number of amides is 1. The Balaban J connectivity index is 1.82. The van der Waals surface area contributed by atoms with Crippen LogP contribution in [0.1, 0.15) is 49.4 Å². The number of para-hydroxylation sites is 1. The zero-order valence-corrected chi connectivity index (χ0v) is 16.7. The van der Waals surface area contributed by atoms with Crippen LogP contribution >= 0.6 is 0 Å². The lowest BCUT2D eigenvalue weighted by Gasteiger charge is -2.11.